The molecule has 0 radical (unpaired) electrons. The zero-order valence-corrected chi connectivity index (χ0v) is 31.2. The van der Waals surface area contributed by atoms with E-state index in [1.807, 2.05) is 0 Å². The van der Waals surface area contributed by atoms with E-state index < -0.39 is 0 Å². The molecule has 7 aromatic rings. The van der Waals surface area contributed by atoms with E-state index in [0.29, 0.717) is 45.9 Å². The molecule has 0 amide bonds. The molecule has 17 rings (SSSR count). The second-order valence-corrected chi connectivity index (χ2v) is 17.2. The van der Waals surface area contributed by atoms with Crippen LogP contribution >= 0.6 is 0 Å². The van der Waals surface area contributed by atoms with Crippen LogP contribution < -0.4 is 0 Å². The zero-order valence-electron chi connectivity index (χ0n) is 31.2. The maximum Gasteiger partial charge on any atom is 0.164 e. The van der Waals surface area contributed by atoms with Gasteiger partial charge in [0, 0.05) is 43.8 Å². The Morgan fingerprint density at radius 1 is 0.283 bits per heavy atom. The molecule has 0 saturated heterocycles. The highest BCUT2D eigenvalue weighted by molar-refractivity contribution is 6.09. The Kier molecular flexibility index (Phi) is 4.97. The first kappa shape index (κ1) is 30.1. The number of aromatic amines is 2. The van der Waals surface area contributed by atoms with Crippen LogP contribution in [-0.2, 0) is 18.9 Å². The predicted molar refractivity (Wildman–Crippen MR) is 219 cm³/mol. The molecule has 16 bridgehead atoms. The molecule has 282 valence electrons. The van der Waals surface area contributed by atoms with Gasteiger partial charge in [-0.2, -0.15) is 0 Å². The molecule has 4 aromatic carbocycles. The number of H-pyrrole nitrogens is 2. The number of hydrogen-bond donors (Lipinski definition) is 2. The van der Waals surface area contributed by atoms with Crippen LogP contribution in [0.25, 0.3) is 89.7 Å². The third kappa shape index (κ3) is 3.58. The summed E-state index contributed by atoms with van der Waals surface area (Å²) >= 11 is 0. The van der Waals surface area contributed by atoms with E-state index in [-0.39, 0.29) is 48.8 Å². The van der Waals surface area contributed by atoms with Gasteiger partial charge in [0.05, 0.1) is 0 Å². The van der Waals surface area contributed by atoms with Crippen LogP contribution in [0, 0.1) is 0 Å². The lowest BCUT2D eigenvalue weighted by Crippen LogP contribution is -1.96. The van der Waals surface area contributed by atoms with Crippen molar-refractivity contribution < 1.29 is 18.9 Å². The number of hydrogen-bond acceptors (Lipinski definition) is 10. The molecule has 0 unspecified atom stereocenters. The summed E-state index contributed by atoms with van der Waals surface area (Å²) in [6.45, 7) is 0. The molecular weight excluding hydrogens is 753 g/mol. The van der Waals surface area contributed by atoms with Gasteiger partial charge in [-0.25, -0.2) is 29.9 Å². The highest BCUT2D eigenvalue weighted by Crippen LogP contribution is 2.53. The number of fused-ring (bicyclic) bond motifs is 40. The van der Waals surface area contributed by atoms with E-state index in [4.69, 9.17) is 48.9 Å². The highest BCUT2D eigenvalue weighted by Gasteiger charge is 2.40. The molecule has 12 nitrogen and oxygen atoms in total. The smallest absolute Gasteiger partial charge is 0.164 e. The average Bonchev–Trinajstić information content (AvgIpc) is 4.13. The first-order chi connectivity index (χ1) is 29.6. The normalized spacial score (nSPS) is 27.5. The summed E-state index contributed by atoms with van der Waals surface area (Å²) in [6, 6.07) is 17.6. The van der Waals surface area contributed by atoms with Crippen molar-refractivity contribution in [3.05, 3.63) is 142 Å². The van der Waals surface area contributed by atoms with E-state index >= 15 is 0 Å². The SMILES string of the molecule is C1=C[C@H]2O[C@@H]1c1cc3c(cc12)-c1nc2nc(nc4[nH]c(nc5[nH]c(nc-3n1)c1cc3c(cc51)[C@@H]1C=C[C@H]3O1)c1cc3c(cc41)[C@@H]1C=C[C@H]3O1)-c1cc3c(cc1-2)[C@@H]1C=C[C@H]3O1. The van der Waals surface area contributed by atoms with Gasteiger partial charge in [-0.05, 0) is 93.0 Å². The van der Waals surface area contributed by atoms with E-state index in [9.17, 15) is 0 Å². The number of benzene rings is 4. The van der Waals surface area contributed by atoms with Gasteiger partial charge >= 0.3 is 0 Å². The summed E-state index contributed by atoms with van der Waals surface area (Å²) < 4.78 is 25.2. The maximum absolute atomic E-state index is 6.31. The number of rotatable bonds is 0. The Balaban J connectivity index is 1.03. The summed E-state index contributed by atoms with van der Waals surface area (Å²) in [5.41, 5.74) is 15.3. The van der Waals surface area contributed by atoms with Crippen LogP contribution in [-0.4, -0.2) is 39.9 Å². The average molecular weight is 779 g/mol. The summed E-state index contributed by atoms with van der Waals surface area (Å²) in [5.74, 6) is 2.20. The minimum Gasteiger partial charge on any atom is -0.357 e. The molecule has 10 aliphatic heterocycles. The topological polar surface area (TPSA) is 146 Å². The van der Waals surface area contributed by atoms with E-state index in [2.05, 4.69) is 107 Å². The first-order valence-electron chi connectivity index (χ1n) is 20.5. The van der Waals surface area contributed by atoms with Gasteiger partial charge in [0.25, 0.3) is 0 Å². The van der Waals surface area contributed by atoms with Crippen LogP contribution in [0.3, 0.4) is 0 Å². The van der Waals surface area contributed by atoms with Gasteiger partial charge in [-0.1, -0.05) is 48.6 Å². The Morgan fingerprint density at radius 3 is 0.800 bits per heavy atom. The largest absolute Gasteiger partial charge is 0.357 e. The maximum atomic E-state index is 6.31. The minimum absolute atomic E-state index is 0.0870. The molecule has 13 heterocycles. The summed E-state index contributed by atoms with van der Waals surface area (Å²) in [7, 11) is 0. The van der Waals surface area contributed by atoms with Gasteiger partial charge in [-0.3, -0.25) is 0 Å². The zero-order chi connectivity index (χ0) is 38.3. The van der Waals surface area contributed by atoms with Crippen molar-refractivity contribution in [1.82, 2.24) is 39.9 Å². The van der Waals surface area contributed by atoms with E-state index in [1.54, 1.807) is 0 Å². The standard InChI is InChI=1S/C48H26N8O4/c1-2-34-18-10-26-25(9-17(18)33(1)57-34)41-49-42(26)54-44-29-13-21-22(38-6-5-37(21)59-38)14-30(29)46(51-44)56-48-32-16-24-23(39-7-8-40(24)60-39)15-31(32)47(52-48)55-45-28-12-20-19(35-3-4-36(20)58-35)11-27(28)43(50-45)53-41/h1-16,33-40H,(H2,49,50,51,52,53,54,55,56)/t33-,34+,35+,36-,37-,38+,39+,40-. The Morgan fingerprint density at radius 2 is 0.517 bits per heavy atom. The lowest BCUT2D eigenvalue weighted by Gasteiger charge is -2.10. The van der Waals surface area contributed by atoms with Crippen molar-refractivity contribution in [2.45, 2.75) is 48.8 Å². The molecule has 0 spiro atoms. The molecule has 0 saturated carbocycles. The van der Waals surface area contributed by atoms with Crippen molar-refractivity contribution in [3.63, 3.8) is 0 Å². The minimum atomic E-state index is -0.0990. The van der Waals surface area contributed by atoms with Crippen molar-refractivity contribution in [2.75, 3.05) is 0 Å². The fourth-order valence-electron chi connectivity index (χ4n) is 11.3. The number of ether oxygens (including phenoxy) is 4. The van der Waals surface area contributed by atoms with E-state index in [0.717, 1.165) is 88.3 Å². The number of nitrogens with zero attached hydrogens (tertiary/aromatic N) is 6. The Bertz CT molecular complexity index is 3420. The van der Waals surface area contributed by atoms with Crippen LogP contribution in [0.15, 0.2) is 97.1 Å². The molecule has 2 N–H and O–H groups in total. The van der Waals surface area contributed by atoms with Gasteiger partial charge in [0.15, 0.2) is 23.3 Å². The van der Waals surface area contributed by atoms with Gasteiger partial charge in [0.1, 0.15) is 71.4 Å². The van der Waals surface area contributed by atoms with E-state index in [1.165, 1.54) is 0 Å². The second kappa shape index (κ2) is 9.90. The lowest BCUT2D eigenvalue weighted by molar-refractivity contribution is 0.0877. The summed E-state index contributed by atoms with van der Waals surface area (Å²) in [4.78, 5) is 39.3. The van der Waals surface area contributed by atoms with Crippen LogP contribution in [0.2, 0.25) is 0 Å². The molecule has 10 aliphatic rings. The molecule has 60 heavy (non-hydrogen) atoms. The van der Waals surface area contributed by atoms with Crippen molar-refractivity contribution in [1.29, 1.82) is 0 Å². The molecule has 3 aromatic heterocycles. The van der Waals surface area contributed by atoms with Gasteiger partial charge in [0.2, 0.25) is 0 Å². The monoisotopic (exact) mass is 778 g/mol. The lowest BCUT2D eigenvalue weighted by atomic mass is 9.91. The van der Waals surface area contributed by atoms with Crippen molar-refractivity contribution >= 4 is 44.1 Å². The van der Waals surface area contributed by atoms with Crippen LogP contribution in [0.5, 0.6) is 0 Å². The predicted octanol–water partition coefficient (Wildman–Crippen LogP) is 9.60. The number of nitrogens with one attached hydrogen (secondary N) is 2. The first-order valence-corrected chi connectivity index (χ1v) is 20.5. The second-order valence-electron chi connectivity index (χ2n) is 17.2. The molecule has 0 fully saturated rings. The van der Waals surface area contributed by atoms with Crippen LogP contribution in [0.4, 0.5) is 0 Å². The number of aromatic nitrogens is 8. The quantitative estimate of drug-likeness (QED) is 0.143. The Labute approximate surface area is 338 Å². The molecule has 0 aliphatic carbocycles. The summed E-state index contributed by atoms with van der Waals surface area (Å²) in [6.07, 6.45) is 16.3. The fraction of sp³-hybridized carbons (Fsp3) is 0.167. The fourth-order valence-corrected chi connectivity index (χ4v) is 11.3. The van der Waals surface area contributed by atoms with Gasteiger partial charge < -0.3 is 28.9 Å². The molecular formula is C48H26N8O4. The van der Waals surface area contributed by atoms with Crippen LogP contribution in [0.1, 0.15) is 93.3 Å². The summed E-state index contributed by atoms with van der Waals surface area (Å²) in [5, 5.41) is 3.76. The molecule has 8 atom stereocenters. The third-order valence-electron chi connectivity index (χ3n) is 14.1. The highest BCUT2D eigenvalue weighted by atomic mass is 16.5. The van der Waals surface area contributed by atoms with Crippen molar-refractivity contribution in [2.24, 2.45) is 0 Å². The molecule has 12 heteroatoms. The third-order valence-corrected chi connectivity index (χ3v) is 14.1. The van der Waals surface area contributed by atoms with Gasteiger partial charge in [-0.15, -0.1) is 0 Å². The Hall–Kier alpha value is -6.96. The van der Waals surface area contributed by atoms with Crippen molar-refractivity contribution in [3.8, 4) is 45.6 Å².